The Morgan fingerprint density at radius 1 is 1.47 bits per heavy atom. The van der Waals surface area contributed by atoms with Gasteiger partial charge in [-0.3, -0.25) is 4.79 Å². The Morgan fingerprint density at radius 3 is 2.65 bits per heavy atom. The van der Waals surface area contributed by atoms with E-state index in [4.69, 9.17) is 5.11 Å². The van der Waals surface area contributed by atoms with E-state index in [1.165, 1.54) is 0 Å². The minimum atomic E-state index is -0.816. The van der Waals surface area contributed by atoms with Gasteiger partial charge in [0.05, 0.1) is 12.1 Å². The van der Waals surface area contributed by atoms with E-state index < -0.39 is 5.97 Å². The highest BCUT2D eigenvalue weighted by atomic mass is 16.4. The summed E-state index contributed by atoms with van der Waals surface area (Å²) in [6, 6.07) is 1.88. The summed E-state index contributed by atoms with van der Waals surface area (Å²) in [4.78, 5) is 20.8. The third-order valence-electron chi connectivity index (χ3n) is 2.41. The molecule has 0 amide bonds. The van der Waals surface area contributed by atoms with Crippen molar-refractivity contribution < 1.29 is 9.90 Å². The molecule has 1 heterocycles. The number of aromatic nitrogens is 2. The van der Waals surface area contributed by atoms with Gasteiger partial charge in [0.15, 0.2) is 0 Å². The van der Waals surface area contributed by atoms with Gasteiger partial charge in [0, 0.05) is 25.2 Å². The molecule has 0 atom stereocenters. The highest BCUT2D eigenvalue weighted by Crippen LogP contribution is 2.20. The van der Waals surface area contributed by atoms with E-state index in [9.17, 15) is 4.79 Å². The Balaban J connectivity index is 2.81. The van der Waals surface area contributed by atoms with E-state index in [0.717, 1.165) is 5.69 Å². The van der Waals surface area contributed by atoms with Crippen LogP contribution in [-0.4, -0.2) is 34.6 Å². The van der Waals surface area contributed by atoms with Crippen LogP contribution in [0.25, 0.3) is 0 Å². The van der Waals surface area contributed by atoms with Crippen molar-refractivity contribution in [1.29, 1.82) is 0 Å². The number of nitrogens with zero attached hydrogens (tertiary/aromatic N) is 3. The fraction of sp³-hybridized carbons (Fsp3) is 0.583. The van der Waals surface area contributed by atoms with Gasteiger partial charge in [-0.25, -0.2) is 9.97 Å². The highest BCUT2D eigenvalue weighted by molar-refractivity contribution is 5.67. The molecule has 1 aromatic heterocycles. The smallest absolute Gasteiger partial charge is 0.305 e. The average molecular weight is 237 g/mol. The van der Waals surface area contributed by atoms with Crippen LogP contribution in [0, 0.1) is 0 Å². The second kappa shape index (κ2) is 5.12. The van der Waals surface area contributed by atoms with Gasteiger partial charge in [0.2, 0.25) is 5.95 Å². The standard InChI is InChI=1S/C12H19N3O2/c1-12(2,3)9-5-7-13-11(14-9)15(4)8-6-10(16)17/h5,7H,6,8H2,1-4H3,(H,16,17). The van der Waals surface area contributed by atoms with Gasteiger partial charge in [0.1, 0.15) is 0 Å². The number of hydrogen-bond donors (Lipinski definition) is 1. The van der Waals surface area contributed by atoms with Gasteiger partial charge in [-0.15, -0.1) is 0 Å². The molecule has 94 valence electrons. The second-order valence-corrected chi connectivity index (χ2v) is 5.06. The first-order valence-corrected chi connectivity index (χ1v) is 5.57. The maximum atomic E-state index is 10.5. The van der Waals surface area contributed by atoms with Gasteiger partial charge in [-0.05, 0) is 6.07 Å². The molecular formula is C12H19N3O2. The summed E-state index contributed by atoms with van der Waals surface area (Å²) in [5, 5.41) is 8.63. The first-order valence-electron chi connectivity index (χ1n) is 5.57. The van der Waals surface area contributed by atoms with Crippen molar-refractivity contribution >= 4 is 11.9 Å². The molecule has 0 aliphatic carbocycles. The van der Waals surface area contributed by atoms with E-state index in [1.54, 1.807) is 18.1 Å². The molecule has 1 rings (SSSR count). The zero-order chi connectivity index (χ0) is 13.1. The Bertz CT molecular complexity index is 399. The predicted molar refractivity (Wildman–Crippen MR) is 66.3 cm³/mol. The van der Waals surface area contributed by atoms with Crippen LogP contribution in [0.15, 0.2) is 12.3 Å². The van der Waals surface area contributed by atoms with Gasteiger partial charge < -0.3 is 10.0 Å². The van der Waals surface area contributed by atoms with E-state index in [2.05, 4.69) is 30.7 Å². The molecule has 0 bridgehead atoms. The maximum absolute atomic E-state index is 10.5. The van der Waals surface area contributed by atoms with Crippen molar-refractivity contribution in [3.8, 4) is 0 Å². The van der Waals surface area contributed by atoms with Crippen molar-refractivity contribution in [1.82, 2.24) is 9.97 Å². The molecule has 17 heavy (non-hydrogen) atoms. The Morgan fingerprint density at radius 2 is 2.12 bits per heavy atom. The lowest BCUT2D eigenvalue weighted by Crippen LogP contribution is -2.24. The molecule has 1 N–H and O–H groups in total. The number of aliphatic carboxylic acids is 1. The number of hydrogen-bond acceptors (Lipinski definition) is 4. The van der Waals surface area contributed by atoms with Crippen molar-refractivity contribution in [3.63, 3.8) is 0 Å². The average Bonchev–Trinajstić information content (AvgIpc) is 2.25. The summed E-state index contributed by atoms with van der Waals surface area (Å²) >= 11 is 0. The lowest BCUT2D eigenvalue weighted by molar-refractivity contribution is -0.136. The van der Waals surface area contributed by atoms with E-state index in [-0.39, 0.29) is 11.8 Å². The minimum absolute atomic E-state index is 0.0364. The summed E-state index contributed by atoms with van der Waals surface area (Å²) < 4.78 is 0. The third-order valence-corrected chi connectivity index (χ3v) is 2.41. The van der Waals surface area contributed by atoms with Crippen molar-refractivity contribution in [2.24, 2.45) is 0 Å². The van der Waals surface area contributed by atoms with Crippen LogP contribution in [0.4, 0.5) is 5.95 Å². The fourth-order valence-electron chi connectivity index (χ4n) is 1.31. The van der Waals surface area contributed by atoms with Crippen molar-refractivity contribution in [2.45, 2.75) is 32.6 Å². The molecule has 0 radical (unpaired) electrons. The summed E-state index contributed by atoms with van der Waals surface area (Å²) in [6.45, 7) is 6.64. The molecule has 0 fully saturated rings. The molecular weight excluding hydrogens is 218 g/mol. The van der Waals surface area contributed by atoms with Crippen LogP contribution in [0.3, 0.4) is 0 Å². The van der Waals surface area contributed by atoms with Crippen molar-refractivity contribution in [2.75, 3.05) is 18.5 Å². The third kappa shape index (κ3) is 4.01. The number of carbonyl (C=O) groups is 1. The van der Waals surface area contributed by atoms with E-state index >= 15 is 0 Å². The molecule has 5 nitrogen and oxygen atoms in total. The highest BCUT2D eigenvalue weighted by Gasteiger charge is 2.17. The second-order valence-electron chi connectivity index (χ2n) is 5.06. The van der Waals surface area contributed by atoms with E-state index in [1.807, 2.05) is 6.07 Å². The predicted octanol–water partition coefficient (Wildman–Crippen LogP) is 1.68. The first-order chi connectivity index (χ1) is 7.80. The van der Waals surface area contributed by atoms with Crippen LogP contribution < -0.4 is 4.90 Å². The Kier molecular flexibility index (Phi) is 4.04. The summed E-state index contributed by atoms with van der Waals surface area (Å²) in [6.07, 6.45) is 1.79. The van der Waals surface area contributed by atoms with Crippen LogP contribution in [0.2, 0.25) is 0 Å². The minimum Gasteiger partial charge on any atom is -0.481 e. The number of carboxylic acids is 1. The van der Waals surface area contributed by atoms with E-state index in [0.29, 0.717) is 12.5 Å². The summed E-state index contributed by atoms with van der Waals surface area (Å²) in [7, 11) is 1.80. The molecule has 0 aliphatic heterocycles. The summed E-state index contributed by atoms with van der Waals surface area (Å²) in [5.41, 5.74) is 0.912. The lowest BCUT2D eigenvalue weighted by atomic mass is 9.92. The zero-order valence-corrected chi connectivity index (χ0v) is 10.8. The monoisotopic (exact) mass is 237 g/mol. The quantitative estimate of drug-likeness (QED) is 0.863. The normalized spacial score (nSPS) is 11.3. The number of anilines is 1. The maximum Gasteiger partial charge on any atom is 0.305 e. The summed E-state index contributed by atoms with van der Waals surface area (Å²) in [5.74, 6) is -0.248. The molecule has 1 aromatic rings. The molecule has 5 heteroatoms. The first kappa shape index (κ1) is 13.4. The van der Waals surface area contributed by atoms with Crippen LogP contribution in [-0.2, 0) is 10.2 Å². The van der Waals surface area contributed by atoms with Gasteiger partial charge in [-0.1, -0.05) is 20.8 Å². The Hall–Kier alpha value is -1.65. The Labute approximate surface area is 102 Å². The molecule has 0 aromatic carbocycles. The molecule has 0 saturated carbocycles. The SMILES string of the molecule is CN(CCC(=O)O)c1nccc(C(C)(C)C)n1. The number of carboxylic acid groups (broad SMARTS) is 1. The van der Waals surface area contributed by atoms with Crippen LogP contribution in [0.1, 0.15) is 32.9 Å². The zero-order valence-electron chi connectivity index (χ0n) is 10.8. The topological polar surface area (TPSA) is 66.3 Å². The van der Waals surface area contributed by atoms with Gasteiger partial charge in [0.25, 0.3) is 0 Å². The molecule has 0 unspecified atom stereocenters. The van der Waals surface area contributed by atoms with Crippen LogP contribution >= 0.6 is 0 Å². The van der Waals surface area contributed by atoms with Crippen LogP contribution in [0.5, 0.6) is 0 Å². The van der Waals surface area contributed by atoms with Gasteiger partial charge >= 0.3 is 5.97 Å². The lowest BCUT2D eigenvalue weighted by Gasteiger charge is -2.21. The van der Waals surface area contributed by atoms with Gasteiger partial charge in [-0.2, -0.15) is 0 Å². The molecule has 0 spiro atoms. The fourth-order valence-corrected chi connectivity index (χ4v) is 1.31. The molecule has 0 saturated heterocycles. The largest absolute Gasteiger partial charge is 0.481 e. The van der Waals surface area contributed by atoms with Crippen molar-refractivity contribution in [3.05, 3.63) is 18.0 Å². The number of rotatable bonds is 4. The molecule has 0 aliphatic rings.